The van der Waals surface area contributed by atoms with Crippen molar-refractivity contribution in [1.82, 2.24) is 0 Å². The van der Waals surface area contributed by atoms with Gasteiger partial charge in [0.2, 0.25) is 0 Å². The lowest BCUT2D eigenvalue weighted by molar-refractivity contribution is -0.108. The van der Waals surface area contributed by atoms with Gasteiger partial charge in [-0.2, -0.15) is 0 Å². The molecule has 0 atom stereocenters. The standard InChI is InChI=1S/C23H25NOSi2/c1-26(2)18-19-27(3,4)24(26)22-14-10-21(11-15-22)13-17-23(25)16-12-20-8-6-5-7-9-20/h5-11,14-15H,18-19H2,1-4H3. The van der Waals surface area contributed by atoms with Crippen LogP contribution in [0.5, 0.6) is 0 Å². The van der Waals surface area contributed by atoms with Gasteiger partial charge in [-0.25, -0.2) is 0 Å². The molecule has 3 rings (SSSR count). The first kappa shape index (κ1) is 19.2. The molecule has 2 nitrogen and oxygen atoms in total. The minimum absolute atomic E-state index is 0.357. The van der Waals surface area contributed by atoms with E-state index in [1.54, 1.807) is 0 Å². The third kappa shape index (κ3) is 4.60. The highest BCUT2D eigenvalue weighted by Gasteiger charge is 2.47. The van der Waals surface area contributed by atoms with Crippen molar-refractivity contribution in [3.05, 3.63) is 65.7 Å². The van der Waals surface area contributed by atoms with Crippen LogP contribution < -0.4 is 4.23 Å². The van der Waals surface area contributed by atoms with E-state index in [1.807, 2.05) is 42.5 Å². The van der Waals surface area contributed by atoms with Gasteiger partial charge in [-0.1, -0.05) is 56.2 Å². The summed E-state index contributed by atoms with van der Waals surface area (Å²) in [6.45, 7) is 9.86. The van der Waals surface area contributed by atoms with Gasteiger partial charge in [-0.15, -0.1) is 0 Å². The number of hydrogen-bond acceptors (Lipinski definition) is 2. The van der Waals surface area contributed by atoms with Crippen LogP contribution >= 0.6 is 0 Å². The van der Waals surface area contributed by atoms with Crippen molar-refractivity contribution in [2.24, 2.45) is 0 Å². The summed E-state index contributed by atoms with van der Waals surface area (Å²) in [6.07, 6.45) is 0. The number of anilines is 1. The maximum absolute atomic E-state index is 11.9. The fourth-order valence-electron chi connectivity index (χ4n) is 3.86. The normalized spacial score (nSPS) is 16.7. The first-order valence-corrected chi connectivity index (χ1v) is 15.6. The van der Waals surface area contributed by atoms with Gasteiger partial charge < -0.3 is 4.23 Å². The summed E-state index contributed by atoms with van der Waals surface area (Å²) in [5, 5.41) is 0. The van der Waals surface area contributed by atoms with E-state index in [0.29, 0.717) is 0 Å². The predicted molar refractivity (Wildman–Crippen MR) is 119 cm³/mol. The number of ketones is 1. The fourth-order valence-corrected chi connectivity index (χ4v) is 18.1. The van der Waals surface area contributed by atoms with Crippen molar-refractivity contribution in [1.29, 1.82) is 0 Å². The van der Waals surface area contributed by atoms with Gasteiger partial charge in [0, 0.05) is 16.8 Å². The molecule has 0 unspecified atom stereocenters. The summed E-state index contributed by atoms with van der Waals surface area (Å²) in [4.78, 5) is 11.9. The van der Waals surface area contributed by atoms with Crippen molar-refractivity contribution >= 4 is 27.9 Å². The summed E-state index contributed by atoms with van der Waals surface area (Å²) >= 11 is 0. The number of Topliss-reactive ketones (excluding diaryl/α,β-unsaturated/α-hetero) is 1. The van der Waals surface area contributed by atoms with Crippen LogP contribution in [0, 0.1) is 23.7 Å². The molecule has 0 radical (unpaired) electrons. The third-order valence-electron chi connectivity index (χ3n) is 5.10. The van der Waals surface area contributed by atoms with Gasteiger partial charge in [0.25, 0.3) is 5.78 Å². The molecule has 0 saturated carbocycles. The summed E-state index contributed by atoms with van der Waals surface area (Å²) < 4.78 is 2.77. The van der Waals surface area contributed by atoms with E-state index in [4.69, 9.17) is 0 Å². The van der Waals surface area contributed by atoms with Crippen molar-refractivity contribution < 1.29 is 4.79 Å². The molecule has 0 amide bonds. The Balaban J connectivity index is 1.73. The van der Waals surface area contributed by atoms with Crippen molar-refractivity contribution in [3.8, 4) is 23.7 Å². The molecule has 136 valence electrons. The van der Waals surface area contributed by atoms with E-state index in [2.05, 4.69) is 66.2 Å². The molecular formula is C23H25NOSi2. The highest BCUT2D eigenvalue weighted by molar-refractivity contribution is 7.04. The molecule has 0 spiro atoms. The molecule has 0 aliphatic carbocycles. The molecule has 1 heterocycles. The average Bonchev–Trinajstić information content (AvgIpc) is 2.87. The quantitative estimate of drug-likeness (QED) is 0.513. The van der Waals surface area contributed by atoms with E-state index in [1.165, 1.54) is 17.8 Å². The van der Waals surface area contributed by atoms with E-state index in [9.17, 15) is 4.79 Å². The molecule has 0 bridgehead atoms. The number of carbonyl (C=O) groups is 1. The Hall–Kier alpha value is -2.54. The predicted octanol–water partition coefficient (Wildman–Crippen LogP) is 4.89. The van der Waals surface area contributed by atoms with Crippen LogP contribution in [-0.2, 0) is 4.79 Å². The SMILES string of the molecule is C[Si]1(C)CC[Si](C)(C)N1c1ccc(C#CC(=O)C#Cc2ccccc2)cc1. The Morgan fingerprint density at radius 2 is 1.26 bits per heavy atom. The summed E-state index contributed by atoms with van der Waals surface area (Å²) in [7, 11) is -2.71. The lowest BCUT2D eigenvalue weighted by Gasteiger charge is -2.41. The molecule has 2 aromatic rings. The molecule has 27 heavy (non-hydrogen) atoms. The molecular weight excluding hydrogens is 362 g/mol. The molecule has 1 saturated heterocycles. The van der Waals surface area contributed by atoms with Crippen molar-refractivity contribution in [3.63, 3.8) is 0 Å². The maximum atomic E-state index is 11.9. The lowest BCUT2D eigenvalue weighted by Crippen LogP contribution is -2.55. The highest BCUT2D eigenvalue weighted by Crippen LogP contribution is 2.40. The molecule has 0 aromatic heterocycles. The highest BCUT2D eigenvalue weighted by atomic mass is 28.4. The Kier molecular flexibility index (Phi) is 5.42. The van der Waals surface area contributed by atoms with Gasteiger partial charge in [-0.3, -0.25) is 4.79 Å². The molecule has 2 aromatic carbocycles. The Morgan fingerprint density at radius 3 is 1.78 bits per heavy atom. The summed E-state index contributed by atoms with van der Waals surface area (Å²) in [5.74, 6) is 10.6. The molecule has 1 fully saturated rings. The number of rotatable bonds is 1. The zero-order valence-corrected chi connectivity index (χ0v) is 18.5. The minimum atomic E-state index is -1.36. The smallest absolute Gasteiger partial charge is 0.279 e. The fraction of sp³-hybridized carbons (Fsp3) is 0.261. The van der Waals surface area contributed by atoms with Crippen LogP contribution in [0.15, 0.2) is 54.6 Å². The minimum Gasteiger partial charge on any atom is -0.424 e. The monoisotopic (exact) mass is 387 g/mol. The number of carbonyl (C=O) groups excluding carboxylic acids is 1. The lowest BCUT2D eigenvalue weighted by atomic mass is 10.2. The number of hydrogen-bond donors (Lipinski definition) is 0. The van der Waals surface area contributed by atoms with E-state index < -0.39 is 16.5 Å². The Morgan fingerprint density at radius 1 is 0.778 bits per heavy atom. The maximum Gasteiger partial charge on any atom is 0.279 e. The van der Waals surface area contributed by atoms with Crippen LogP contribution in [-0.4, -0.2) is 22.3 Å². The van der Waals surface area contributed by atoms with Gasteiger partial charge >= 0.3 is 0 Å². The van der Waals surface area contributed by atoms with Gasteiger partial charge in [0.15, 0.2) is 0 Å². The first-order valence-electron chi connectivity index (χ1n) is 9.31. The molecule has 4 heteroatoms. The topological polar surface area (TPSA) is 20.3 Å². The van der Waals surface area contributed by atoms with Crippen LogP contribution in [0.2, 0.25) is 38.3 Å². The van der Waals surface area contributed by atoms with Crippen LogP contribution in [0.25, 0.3) is 0 Å². The first-order chi connectivity index (χ1) is 12.8. The van der Waals surface area contributed by atoms with Crippen LogP contribution in [0.4, 0.5) is 5.69 Å². The zero-order valence-electron chi connectivity index (χ0n) is 16.5. The number of benzene rings is 2. The molecule has 1 aliphatic heterocycles. The van der Waals surface area contributed by atoms with E-state index in [0.717, 1.165) is 11.1 Å². The van der Waals surface area contributed by atoms with Gasteiger partial charge in [0.05, 0.1) is 0 Å². The van der Waals surface area contributed by atoms with Crippen LogP contribution in [0.3, 0.4) is 0 Å². The third-order valence-corrected chi connectivity index (χ3v) is 15.1. The second-order valence-corrected chi connectivity index (χ2v) is 17.8. The molecule has 1 aliphatic rings. The van der Waals surface area contributed by atoms with Gasteiger partial charge in [0.1, 0.15) is 16.5 Å². The Labute approximate surface area is 164 Å². The Bertz CT molecular complexity index is 939. The second kappa shape index (κ2) is 7.60. The van der Waals surface area contributed by atoms with Crippen molar-refractivity contribution in [2.45, 2.75) is 38.3 Å². The van der Waals surface area contributed by atoms with E-state index >= 15 is 0 Å². The summed E-state index contributed by atoms with van der Waals surface area (Å²) in [6, 6.07) is 20.6. The zero-order chi connectivity index (χ0) is 19.5. The summed E-state index contributed by atoms with van der Waals surface area (Å²) in [5.41, 5.74) is 2.99. The van der Waals surface area contributed by atoms with Gasteiger partial charge in [-0.05, 0) is 60.3 Å². The second-order valence-electron chi connectivity index (χ2n) is 8.20. The van der Waals surface area contributed by atoms with Crippen molar-refractivity contribution in [2.75, 3.05) is 4.23 Å². The number of nitrogens with zero attached hydrogens (tertiary/aromatic N) is 1. The van der Waals surface area contributed by atoms with E-state index in [-0.39, 0.29) is 5.78 Å². The molecule has 0 N–H and O–H groups in total. The largest absolute Gasteiger partial charge is 0.424 e. The van der Waals surface area contributed by atoms with Crippen LogP contribution in [0.1, 0.15) is 11.1 Å². The average molecular weight is 388 g/mol.